The summed E-state index contributed by atoms with van der Waals surface area (Å²) < 4.78 is 1.57. The molecule has 2 aromatic carbocycles. The molecule has 3 heteroatoms. The molecule has 0 fully saturated rings. The average molecular weight is 529 g/mol. The van der Waals surface area contributed by atoms with Crippen LogP contribution in [0.5, 0.6) is 0 Å². The van der Waals surface area contributed by atoms with E-state index < -0.39 is 22.9 Å². The van der Waals surface area contributed by atoms with Crippen LogP contribution in [-0.4, -0.2) is 26.7 Å². The van der Waals surface area contributed by atoms with Gasteiger partial charge in [0.05, 0.1) is 0 Å². The van der Waals surface area contributed by atoms with E-state index in [4.69, 9.17) is 0 Å². The molecule has 4 rings (SSSR count). The van der Waals surface area contributed by atoms with Crippen LogP contribution in [0.2, 0.25) is 0 Å². The van der Waals surface area contributed by atoms with Crippen LogP contribution in [-0.2, 0) is 22.9 Å². The number of hydrogen-bond donors (Lipinski definition) is 0. The van der Waals surface area contributed by atoms with Crippen molar-refractivity contribution in [2.75, 3.05) is 26.7 Å². The van der Waals surface area contributed by atoms with Crippen LogP contribution in [0.3, 0.4) is 0 Å². The van der Waals surface area contributed by atoms with E-state index in [-0.39, 0.29) is 15.8 Å². The molecule has 0 aliphatic heterocycles. The first-order valence-electron chi connectivity index (χ1n) is 8.78. The molecule has 0 amide bonds. The Morgan fingerprint density at radius 3 is 1.44 bits per heavy atom. The molecule has 2 atom stereocenters. The van der Waals surface area contributed by atoms with Gasteiger partial charge in [-0.1, -0.05) is 0 Å². The predicted molar refractivity (Wildman–Crippen MR) is 112 cm³/mol. The average Bonchev–Trinajstić information content (AvgIpc) is 3.15. The molecule has 25 heavy (non-hydrogen) atoms. The molecular formula is C22H24HfP2. The van der Waals surface area contributed by atoms with Crippen molar-refractivity contribution in [2.45, 2.75) is 7.35 Å². The summed E-state index contributed by atoms with van der Waals surface area (Å²) in [7, 11) is -0.0176. The Morgan fingerprint density at radius 1 is 0.640 bits per heavy atom. The Morgan fingerprint density at radius 2 is 1.04 bits per heavy atom. The van der Waals surface area contributed by atoms with Crippen molar-refractivity contribution in [3.8, 4) is 0 Å². The van der Waals surface area contributed by atoms with Crippen LogP contribution >= 0.6 is 15.8 Å². The second kappa shape index (κ2) is 7.34. The van der Waals surface area contributed by atoms with Gasteiger partial charge in [0.2, 0.25) is 0 Å². The molecule has 0 radical (unpaired) electrons. The third-order valence-electron chi connectivity index (χ3n) is 5.18. The maximum absolute atomic E-state index is 2.53. The predicted octanol–water partition coefficient (Wildman–Crippen LogP) is 6.74. The van der Waals surface area contributed by atoms with Crippen LogP contribution in [0.15, 0.2) is 59.2 Å². The summed E-state index contributed by atoms with van der Waals surface area (Å²) in [6.07, 6.45) is 5.06. The molecule has 0 N–H and O–H groups in total. The second-order valence-corrected chi connectivity index (χ2v) is 17.2. The van der Waals surface area contributed by atoms with Crippen LogP contribution < -0.4 is 0 Å². The summed E-state index contributed by atoms with van der Waals surface area (Å²) in [6.45, 7) is 9.76. The van der Waals surface area contributed by atoms with Crippen molar-refractivity contribution in [3.63, 3.8) is 0 Å². The van der Waals surface area contributed by atoms with E-state index in [2.05, 4.69) is 87.3 Å². The van der Waals surface area contributed by atoms with Gasteiger partial charge in [0.15, 0.2) is 0 Å². The van der Waals surface area contributed by atoms with E-state index in [1.165, 1.54) is 11.1 Å². The van der Waals surface area contributed by atoms with E-state index in [0.29, 0.717) is 0 Å². The number of hydrogen-bond acceptors (Lipinski definition) is 0. The zero-order valence-corrected chi connectivity index (χ0v) is 20.7. The van der Waals surface area contributed by atoms with Gasteiger partial charge < -0.3 is 0 Å². The summed E-state index contributed by atoms with van der Waals surface area (Å²) in [5.41, 5.74) is 6.27. The standard InChI is InChI=1S/2C11H12P.Hf/c2*1-12(2)11-7-9-5-3-4-6-10(9)8-11;/h2*3-8H,1-2H3;. The van der Waals surface area contributed by atoms with Crippen molar-refractivity contribution in [1.29, 1.82) is 0 Å². The number of allylic oxidation sites excluding steroid dienone is 2. The topological polar surface area (TPSA) is 0 Å². The zero-order chi connectivity index (χ0) is 17.6. The quantitative estimate of drug-likeness (QED) is 0.304. The summed E-state index contributed by atoms with van der Waals surface area (Å²) in [5.74, 6) is 0. The fourth-order valence-corrected chi connectivity index (χ4v) is 19.0. The fraction of sp³-hybridized carbons (Fsp3) is 0.273. The van der Waals surface area contributed by atoms with Crippen LogP contribution in [0.4, 0.5) is 0 Å². The van der Waals surface area contributed by atoms with Gasteiger partial charge in [-0.2, -0.15) is 0 Å². The van der Waals surface area contributed by atoms with Gasteiger partial charge in [0.1, 0.15) is 0 Å². The van der Waals surface area contributed by atoms with Gasteiger partial charge in [-0.25, -0.2) is 0 Å². The Kier molecular flexibility index (Phi) is 5.30. The van der Waals surface area contributed by atoms with Crippen molar-refractivity contribution >= 4 is 28.0 Å². The number of benzene rings is 2. The Hall–Kier alpha value is -0.350. The van der Waals surface area contributed by atoms with Gasteiger partial charge in [-0.05, 0) is 0 Å². The SMILES string of the molecule is CP(C)C1=Cc2ccccc2[CH]1[Hf][CH]1C(P(C)C)=Cc2ccccc21. The second-order valence-electron chi connectivity index (χ2n) is 7.22. The van der Waals surface area contributed by atoms with Crippen molar-refractivity contribution in [1.82, 2.24) is 0 Å². The molecule has 2 unspecified atom stereocenters. The first-order valence-corrected chi connectivity index (χ1v) is 17.4. The minimum atomic E-state index is -0.964. The number of fused-ring (bicyclic) bond motifs is 2. The van der Waals surface area contributed by atoms with E-state index >= 15 is 0 Å². The van der Waals surface area contributed by atoms with E-state index in [1.54, 1.807) is 21.8 Å². The van der Waals surface area contributed by atoms with Gasteiger partial charge in [0, 0.05) is 0 Å². The Labute approximate surface area is 165 Å². The molecule has 0 nitrogen and oxygen atoms in total. The zero-order valence-electron chi connectivity index (χ0n) is 15.3. The minimum absolute atomic E-state index is 0.00880. The molecule has 126 valence electrons. The van der Waals surface area contributed by atoms with Crippen LogP contribution in [0.25, 0.3) is 12.2 Å². The van der Waals surface area contributed by atoms with E-state index in [0.717, 1.165) is 7.35 Å². The Balaban J connectivity index is 1.73. The van der Waals surface area contributed by atoms with Crippen LogP contribution in [0, 0.1) is 0 Å². The molecule has 0 saturated heterocycles. The first-order chi connectivity index (χ1) is 12.1. The monoisotopic (exact) mass is 530 g/mol. The molecule has 0 bridgehead atoms. The van der Waals surface area contributed by atoms with Gasteiger partial charge >= 0.3 is 166 Å². The first kappa shape index (κ1) is 18.0. The van der Waals surface area contributed by atoms with Crippen molar-refractivity contribution < 1.29 is 22.9 Å². The van der Waals surface area contributed by atoms with E-state index in [9.17, 15) is 0 Å². The molecule has 0 spiro atoms. The summed E-state index contributed by atoms with van der Waals surface area (Å²) in [5, 5.41) is 3.53. The van der Waals surface area contributed by atoms with Crippen molar-refractivity contribution in [2.24, 2.45) is 0 Å². The van der Waals surface area contributed by atoms with Crippen molar-refractivity contribution in [3.05, 3.63) is 81.4 Å². The summed E-state index contributed by atoms with van der Waals surface area (Å²) >= 11 is -0.964. The molecule has 2 aromatic rings. The van der Waals surface area contributed by atoms with Gasteiger partial charge in [-0.15, -0.1) is 0 Å². The normalized spacial score (nSPS) is 21.2. The maximum atomic E-state index is 2.53. The molecule has 0 heterocycles. The number of rotatable bonds is 4. The molecular weight excluding hydrogens is 505 g/mol. The molecule has 0 aromatic heterocycles. The van der Waals surface area contributed by atoms with E-state index in [1.807, 2.05) is 0 Å². The third kappa shape index (κ3) is 3.34. The third-order valence-corrected chi connectivity index (χ3v) is 16.6. The summed E-state index contributed by atoms with van der Waals surface area (Å²) in [4.78, 5) is 0. The summed E-state index contributed by atoms with van der Waals surface area (Å²) in [6, 6.07) is 18.3. The van der Waals surface area contributed by atoms with Gasteiger partial charge in [-0.3, -0.25) is 0 Å². The van der Waals surface area contributed by atoms with Crippen LogP contribution in [0.1, 0.15) is 29.6 Å². The fourth-order valence-electron chi connectivity index (χ4n) is 3.91. The Bertz CT molecular complexity index is 792. The molecule has 2 aliphatic carbocycles. The molecule has 0 saturated carbocycles. The molecule has 2 aliphatic rings. The van der Waals surface area contributed by atoms with Gasteiger partial charge in [0.25, 0.3) is 0 Å².